The molecule has 1 aliphatic heterocycles. The summed E-state index contributed by atoms with van der Waals surface area (Å²) in [6.07, 6.45) is 3.74. The van der Waals surface area contributed by atoms with Crippen molar-refractivity contribution in [3.63, 3.8) is 0 Å². The molecule has 142 valence electrons. The summed E-state index contributed by atoms with van der Waals surface area (Å²) in [6.45, 7) is 1.52. The van der Waals surface area contributed by atoms with Crippen LogP contribution in [0.25, 0.3) is 11.8 Å². The number of carbonyl (C=O) groups excluding carboxylic acids is 2. The first-order chi connectivity index (χ1) is 14.0. The molecule has 0 atom stereocenters. The second-order valence-electron chi connectivity index (χ2n) is 6.79. The lowest BCUT2D eigenvalue weighted by atomic mass is 10.1. The first kappa shape index (κ1) is 18.9. The number of hydrogen-bond donors (Lipinski definition) is 0. The Labute approximate surface area is 174 Å². The Morgan fingerprint density at radius 1 is 0.931 bits per heavy atom. The summed E-state index contributed by atoms with van der Waals surface area (Å²) in [5, 5.41) is 0.629. The first-order valence-corrected chi connectivity index (χ1v) is 9.60. The van der Waals surface area contributed by atoms with Crippen molar-refractivity contribution >= 4 is 40.8 Å². The van der Waals surface area contributed by atoms with E-state index < -0.39 is 0 Å². The summed E-state index contributed by atoms with van der Waals surface area (Å²) in [7, 11) is 0. The number of rotatable bonds is 4. The van der Waals surface area contributed by atoms with E-state index >= 15 is 0 Å². The van der Waals surface area contributed by atoms with Crippen molar-refractivity contribution in [3.8, 4) is 0 Å². The first-order valence-electron chi connectivity index (χ1n) is 9.23. The Kier molecular flexibility index (Phi) is 5.15. The number of carbonyl (C=O) groups is 2. The predicted molar refractivity (Wildman–Crippen MR) is 118 cm³/mol. The molecule has 1 heterocycles. The van der Waals surface area contributed by atoms with Gasteiger partial charge in [0.25, 0.3) is 5.91 Å². The van der Waals surface area contributed by atoms with Crippen LogP contribution in [0.3, 0.4) is 0 Å². The van der Waals surface area contributed by atoms with E-state index in [-0.39, 0.29) is 11.7 Å². The number of anilines is 1. The van der Waals surface area contributed by atoms with Gasteiger partial charge in [0, 0.05) is 21.8 Å². The van der Waals surface area contributed by atoms with Gasteiger partial charge in [0.05, 0.1) is 5.70 Å². The van der Waals surface area contributed by atoms with Gasteiger partial charge in [0.2, 0.25) is 0 Å². The zero-order valence-electron chi connectivity index (χ0n) is 15.8. The molecule has 0 aliphatic carbocycles. The standard InChI is InChI=1S/C25H18ClNO2/c1-17(28)20-8-5-9-23(15-20)27-24(19-10-12-22(26)13-11-19)16-21(25(27)29)14-18-6-3-2-4-7-18/h2-16H,1H3/b21-14+. The monoisotopic (exact) mass is 399 g/mol. The molecule has 3 aromatic carbocycles. The van der Waals surface area contributed by atoms with E-state index in [1.165, 1.54) is 6.92 Å². The maximum atomic E-state index is 13.3. The summed E-state index contributed by atoms with van der Waals surface area (Å²) in [6, 6.07) is 24.2. The Morgan fingerprint density at radius 3 is 2.34 bits per heavy atom. The molecular weight excluding hydrogens is 382 g/mol. The smallest absolute Gasteiger partial charge is 0.262 e. The minimum Gasteiger partial charge on any atom is -0.295 e. The number of hydrogen-bond acceptors (Lipinski definition) is 2. The number of benzene rings is 3. The van der Waals surface area contributed by atoms with Gasteiger partial charge in [0.15, 0.2) is 5.78 Å². The normalized spacial score (nSPS) is 15.0. The summed E-state index contributed by atoms with van der Waals surface area (Å²) in [5.74, 6) is -0.185. The van der Waals surface area contributed by atoms with Crippen molar-refractivity contribution in [2.75, 3.05) is 4.90 Å². The van der Waals surface area contributed by atoms with E-state index in [9.17, 15) is 9.59 Å². The molecule has 0 fully saturated rings. The van der Waals surface area contributed by atoms with Gasteiger partial charge in [0.1, 0.15) is 0 Å². The summed E-state index contributed by atoms with van der Waals surface area (Å²) >= 11 is 6.04. The maximum Gasteiger partial charge on any atom is 0.262 e. The molecule has 3 nitrogen and oxygen atoms in total. The van der Waals surface area contributed by atoms with E-state index in [2.05, 4.69) is 0 Å². The number of halogens is 1. The molecule has 1 aliphatic rings. The zero-order valence-corrected chi connectivity index (χ0v) is 16.6. The fourth-order valence-corrected chi connectivity index (χ4v) is 3.42. The molecule has 1 amide bonds. The van der Waals surface area contributed by atoms with Crippen LogP contribution in [0, 0.1) is 0 Å². The highest BCUT2D eigenvalue weighted by atomic mass is 35.5. The van der Waals surface area contributed by atoms with Gasteiger partial charge in [-0.1, -0.05) is 66.2 Å². The van der Waals surface area contributed by atoms with E-state index in [4.69, 9.17) is 11.6 Å². The Bertz CT molecular complexity index is 1140. The van der Waals surface area contributed by atoms with Crippen LogP contribution in [-0.2, 0) is 4.79 Å². The quantitative estimate of drug-likeness (QED) is 0.397. The van der Waals surface area contributed by atoms with Crippen LogP contribution < -0.4 is 4.90 Å². The highest BCUT2D eigenvalue weighted by Gasteiger charge is 2.30. The molecule has 0 N–H and O–H groups in total. The number of ketones is 1. The lowest BCUT2D eigenvalue weighted by Crippen LogP contribution is -2.25. The average Bonchev–Trinajstić information content (AvgIpc) is 3.05. The van der Waals surface area contributed by atoms with Crippen LogP contribution in [0.5, 0.6) is 0 Å². The van der Waals surface area contributed by atoms with Gasteiger partial charge in [-0.3, -0.25) is 14.5 Å². The van der Waals surface area contributed by atoms with Crippen LogP contribution in [0.4, 0.5) is 5.69 Å². The van der Waals surface area contributed by atoms with Crippen molar-refractivity contribution in [1.82, 2.24) is 0 Å². The van der Waals surface area contributed by atoms with Gasteiger partial charge < -0.3 is 0 Å². The van der Waals surface area contributed by atoms with Crippen LogP contribution in [-0.4, -0.2) is 11.7 Å². The zero-order chi connectivity index (χ0) is 20.4. The molecular formula is C25H18ClNO2. The van der Waals surface area contributed by atoms with Crippen LogP contribution in [0.15, 0.2) is 90.5 Å². The van der Waals surface area contributed by atoms with Gasteiger partial charge in [-0.2, -0.15) is 0 Å². The Hall–Kier alpha value is -3.43. The largest absolute Gasteiger partial charge is 0.295 e. The summed E-state index contributed by atoms with van der Waals surface area (Å²) in [5.41, 5.74) is 4.35. The van der Waals surface area contributed by atoms with E-state index in [1.54, 1.807) is 35.2 Å². The molecule has 0 bridgehead atoms. The lowest BCUT2D eigenvalue weighted by Gasteiger charge is -2.21. The fraction of sp³-hybridized carbons (Fsp3) is 0.0400. The Balaban J connectivity index is 1.84. The number of nitrogens with zero attached hydrogens (tertiary/aromatic N) is 1. The molecule has 4 heteroatoms. The lowest BCUT2D eigenvalue weighted by molar-refractivity contribution is -0.113. The average molecular weight is 400 g/mol. The molecule has 29 heavy (non-hydrogen) atoms. The molecule has 0 unspecified atom stereocenters. The van der Waals surface area contributed by atoms with Gasteiger partial charge in [-0.05, 0) is 54.5 Å². The minimum atomic E-state index is -0.139. The molecule has 4 rings (SSSR count). The molecule has 0 aromatic heterocycles. The van der Waals surface area contributed by atoms with Crippen LogP contribution in [0.1, 0.15) is 28.4 Å². The third-order valence-electron chi connectivity index (χ3n) is 4.76. The van der Waals surface area contributed by atoms with E-state index in [0.717, 1.165) is 16.8 Å². The SMILES string of the molecule is CC(=O)c1cccc(N2C(=O)/C(=C/c3ccccc3)C=C2c2ccc(Cl)cc2)c1. The molecule has 0 spiro atoms. The van der Waals surface area contributed by atoms with Crippen molar-refractivity contribution in [1.29, 1.82) is 0 Å². The van der Waals surface area contributed by atoms with Gasteiger partial charge in [-0.15, -0.1) is 0 Å². The van der Waals surface area contributed by atoms with Gasteiger partial charge in [-0.25, -0.2) is 0 Å². The summed E-state index contributed by atoms with van der Waals surface area (Å²) in [4.78, 5) is 26.8. The highest BCUT2D eigenvalue weighted by Crippen LogP contribution is 2.36. The fourth-order valence-electron chi connectivity index (χ4n) is 3.30. The van der Waals surface area contributed by atoms with Crippen LogP contribution >= 0.6 is 11.6 Å². The molecule has 3 aromatic rings. The molecule has 0 radical (unpaired) electrons. The minimum absolute atomic E-state index is 0.0458. The van der Waals surface area contributed by atoms with Crippen molar-refractivity contribution < 1.29 is 9.59 Å². The third kappa shape index (κ3) is 3.91. The Morgan fingerprint density at radius 2 is 1.66 bits per heavy atom. The summed E-state index contributed by atoms with van der Waals surface area (Å²) < 4.78 is 0. The van der Waals surface area contributed by atoms with E-state index in [1.807, 2.05) is 60.7 Å². The topological polar surface area (TPSA) is 37.4 Å². The predicted octanol–water partition coefficient (Wildman–Crippen LogP) is 6.01. The van der Waals surface area contributed by atoms with Crippen LogP contribution in [0.2, 0.25) is 5.02 Å². The molecule has 0 saturated carbocycles. The van der Waals surface area contributed by atoms with E-state index in [0.29, 0.717) is 21.8 Å². The van der Waals surface area contributed by atoms with Crippen molar-refractivity contribution in [2.24, 2.45) is 0 Å². The highest BCUT2D eigenvalue weighted by molar-refractivity contribution is 6.30. The van der Waals surface area contributed by atoms with Crippen molar-refractivity contribution in [2.45, 2.75) is 6.92 Å². The number of Topliss-reactive ketones (excluding diaryl/α,β-unsaturated/α-hetero) is 1. The second-order valence-corrected chi connectivity index (χ2v) is 7.23. The van der Waals surface area contributed by atoms with Gasteiger partial charge >= 0.3 is 0 Å². The maximum absolute atomic E-state index is 13.3. The number of amides is 1. The van der Waals surface area contributed by atoms with Crippen molar-refractivity contribution in [3.05, 3.63) is 112 Å². The molecule has 0 saturated heterocycles. The third-order valence-corrected chi connectivity index (χ3v) is 5.01. The second kappa shape index (κ2) is 7.90.